The molecule has 1 atom stereocenters. The van der Waals surface area contributed by atoms with E-state index in [1.165, 1.54) is 6.07 Å². The third kappa shape index (κ3) is 2.07. The first-order chi connectivity index (χ1) is 6.07. The Bertz CT molecular complexity index is 317. The van der Waals surface area contributed by atoms with E-state index < -0.39 is 6.10 Å². The van der Waals surface area contributed by atoms with Crippen molar-refractivity contribution in [3.05, 3.63) is 33.5 Å². The molecule has 0 fully saturated rings. The van der Waals surface area contributed by atoms with E-state index in [1.807, 2.05) is 0 Å². The Morgan fingerprint density at radius 1 is 1.62 bits per heavy atom. The zero-order valence-corrected chi connectivity index (χ0v) is 8.81. The Balaban J connectivity index is 3.18. The van der Waals surface area contributed by atoms with E-state index in [0.717, 1.165) is 0 Å². The topological polar surface area (TPSA) is 46.2 Å². The van der Waals surface area contributed by atoms with Crippen LogP contribution in [-0.2, 0) is 0 Å². The summed E-state index contributed by atoms with van der Waals surface area (Å²) in [6, 6.07) is 2.86. The monoisotopic (exact) mass is 247 g/mol. The van der Waals surface area contributed by atoms with Crippen LogP contribution in [-0.4, -0.2) is 11.7 Å². The van der Waals surface area contributed by atoms with E-state index in [9.17, 15) is 9.50 Å². The number of hydrogen-bond donors (Lipinski definition) is 2. The molecule has 0 spiro atoms. The van der Waals surface area contributed by atoms with E-state index >= 15 is 0 Å². The summed E-state index contributed by atoms with van der Waals surface area (Å²) < 4.78 is 13.4. The smallest absolute Gasteiger partial charge is 0.137 e. The molecule has 0 amide bonds. The van der Waals surface area contributed by atoms with Gasteiger partial charge in [0.15, 0.2) is 0 Å². The quantitative estimate of drug-likeness (QED) is 0.839. The van der Waals surface area contributed by atoms with Crippen LogP contribution >= 0.6 is 15.9 Å². The first-order valence-corrected chi connectivity index (χ1v) is 4.70. The number of aliphatic hydroxyl groups excluding tert-OH is 1. The lowest BCUT2D eigenvalue weighted by Gasteiger charge is -2.12. The molecule has 0 aliphatic heterocycles. The van der Waals surface area contributed by atoms with Crippen molar-refractivity contribution in [1.29, 1.82) is 0 Å². The lowest BCUT2D eigenvalue weighted by Crippen LogP contribution is -2.13. The van der Waals surface area contributed by atoms with Crippen LogP contribution in [0.4, 0.5) is 4.39 Å². The van der Waals surface area contributed by atoms with Gasteiger partial charge < -0.3 is 10.8 Å². The van der Waals surface area contributed by atoms with Gasteiger partial charge in [-0.1, -0.05) is 6.07 Å². The maximum atomic E-state index is 13.0. The highest BCUT2D eigenvalue weighted by atomic mass is 79.9. The van der Waals surface area contributed by atoms with Gasteiger partial charge >= 0.3 is 0 Å². The standard InChI is InChI=1S/C9H11BrFNO/c1-5-6(8(13)4-12)2-3-7(11)9(5)10/h2-3,8,13H,4,12H2,1H3. The molecular weight excluding hydrogens is 237 g/mol. The zero-order chi connectivity index (χ0) is 10.0. The van der Waals surface area contributed by atoms with Crippen molar-refractivity contribution in [3.8, 4) is 0 Å². The number of benzene rings is 1. The van der Waals surface area contributed by atoms with E-state index in [-0.39, 0.29) is 12.4 Å². The van der Waals surface area contributed by atoms with E-state index in [0.29, 0.717) is 15.6 Å². The van der Waals surface area contributed by atoms with Gasteiger partial charge in [0.2, 0.25) is 0 Å². The van der Waals surface area contributed by atoms with Crippen LogP contribution < -0.4 is 5.73 Å². The molecule has 0 saturated heterocycles. The highest BCUT2D eigenvalue weighted by Crippen LogP contribution is 2.26. The summed E-state index contributed by atoms with van der Waals surface area (Å²) in [5.74, 6) is -0.328. The summed E-state index contributed by atoms with van der Waals surface area (Å²) in [6.07, 6.45) is -0.725. The fourth-order valence-electron chi connectivity index (χ4n) is 1.15. The Morgan fingerprint density at radius 3 is 2.77 bits per heavy atom. The summed E-state index contributed by atoms with van der Waals surface area (Å²) in [4.78, 5) is 0. The summed E-state index contributed by atoms with van der Waals surface area (Å²) in [7, 11) is 0. The molecule has 1 aromatic rings. The van der Waals surface area contributed by atoms with Crippen molar-refractivity contribution in [3.63, 3.8) is 0 Å². The predicted octanol–water partition coefficient (Wildman–Crippen LogP) is 1.89. The molecule has 4 heteroatoms. The molecule has 2 nitrogen and oxygen atoms in total. The molecular formula is C9H11BrFNO. The first kappa shape index (κ1) is 10.6. The summed E-state index contributed by atoms with van der Waals surface area (Å²) >= 11 is 3.10. The van der Waals surface area contributed by atoms with E-state index in [1.54, 1.807) is 13.0 Å². The van der Waals surface area contributed by atoms with Gasteiger partial charge in [-0.3, -0.25) is 0 Å². The van der Waals surface area contributed by atoms with Crippen LogP contribution in [0.1, 0.15) is 17.2 Å². The third-order valence-electron chi connectivity index (χ3n) is 1.96. The fraction of sp³-hybridized carbons (Fsp3) is 0.333. The molecule has 0 heterocycles. The van der Waals surface area contributed by atoms with Gasteiger partial charge in [-0.2, -0.15) is 0 Å². The van der Waals surface area contributed by atoms with Gasteiger partial charge in [0.05, 0.1) is 10.6 Å². The second kappa shape index (κ2) is 4.17. The van der Waals surface area contributed by atoms with Crippen LogP contribution in [0, 0.1) is 12.7 Å². The highest BCUT2D eigenvalue weighted by Gasteiger charge is 2.12. The fourth-order valence-corrected chi connectivity index (χ4v) is 1.52. The molecule has 0 aliphatic carbocycles. The average molecular weight is 248 g/mol. The minimum Gasteiger partial charge on any atom is -0.387 e. The third-order valence-corrected chi connectivity index (χ3v) is 2.94. The molecule has 0 radical (unpaired) electrons. The minimum absolute atomic E-state index is 0.138. The molecule has 0 aromatic heterocycles. The van der Waals surface area contributed by atoms with Gasteiger partial charge in [0.1, 0.15) is 5.82 Å². The van der Waals surface area contributed by atoms with Gasteiger partial charge in [0.25, 0.3) is 0 Å². The lowest BCUT2D eigenvalue weighted by atomic mass is 10.0. The number of aliphatic hydroxyl groups is 1. The normalized spacial score (nSPS) is 13.0. The molecule has 3 N–H and O–H groups in total. The number of hydrogen-bond acceptors (Lipinski definition) is 2. The zero-order valence-electron chi connectivity index (χ0n) is 7.22. The van der Waals surface area contributed by atoms with Gasteiger partial charge in [0, 0.05) is 6.54 Å². The number of rotatable bonds is 2. The van der Waals surface area contributed by atoms with Crippen molar-refractivity contribution in [2.75, 3.05) is 6.54 Å². The summed E-state index contributed by atoms with van der Waals surface area (Å²) in [6.45, 7) is 1.88. The van der Waals surface area contributed by atoms with Crippen molar-refractivity contribution < 1.29 is 9.50 Å². The summed E-state index contributed by atoms with van der Waals surface area (Å²) in [5.41, 5.74) is 6.66. The van der Waals surface area contributed by atoms with E-state index in [2.05, 4.69) is 15.9 Å². The van der Waals surface area contributed by atoms with Crippen molar-refractivity contribution in [2.45, 2.75) is 13.0 Å². The van der Waals surface area contributed by atoms with Gasteiger partial charge in [-0.25, -0.2) is 4.39 Å². The SMILES string of the molecule is Cc1c(C(O)CN)ccc(F)c1Br. The van der Waals surface area contributed by atoms with Gasteiger partial charge in [-0.05, 0) is 40.0 Å². The van der Waals surface area contributed by atoms with Crippen LogP contribution in [0.2, 0.25) is 0 Å². The lowest BCUT2D eigenvalue weighted by molar-refractivity contribution is 0.186. The average Bonchev–Trinajstić information content (AvgIpc) is 2.13. The largest absolute Gasteiger partial charge is 0.387 e. The van der Waals surface area contributed by atoms with Crippen LogP contribution in [0.15, 0.2) is 16.6 Å². The van der Waals surface area contributed by atoms with Crippen molar-refractivity contribution in [1.82, 2.24) is 0 Å². The molecule has 0 aliphatic rings. The predicted molar refractivity (Wildman–Crippen MR) is 52.9 cm³/mol. The molecule has 0 bridgehead atoms. The molecule has 0 saturated carbocycles. The molecule has 1 unspecified atom stereocenters. The van der Waals surface area contributed by atoms with Crippen LogP contribution in [0.5, 0.6) is 0 Å². The highest BCUT2D eigenvalue weighted by molar-refractivity contribution is 9.10. The second-order valence-corrected chi connectivity index (χ2v) is 3.62. The Hall–Kier alpha value is -0.450. The van der Waals surface area contributed by atoms with Crippen LogP contribution in [0.25, 0.3) is 0 Å². The van der Waals surface area contributed by atoms with Crippen molar-refractivity contribution in [2.24, 2.45) is 5.73 Å². The first-order valence-electron chi connectivity index (χ1n) is 3.90. The maximum Gasteiger partial charge on any atom is 0.137 e. The number of nitrogens with two attached hydrogens (primary N) is 1. The van der Waals surface area contributed by atoms with Crippen LogP contribution in [0.3, 0.4) is 0 Å². The van der Waals surface area contributed by atoms with Gasteiger partial charge in [-0.15, -0.1) is 0 Å². The maximum absolute atomic E-state index is 13.0. The van der Waals surface area contributed by atoms with E-state index in [4.69, 9.17) is 5.73 Å². The Kier molecular flexibility index (Phi) is 3.41. The Labute approximate surface area is 84.7 Å². The number of halogens is 2. The molecule has 1 rings (SSSR count). The Morgan fingerprint density at radius 2 is 2.23 bits per heavy atom. The second-order valence-electron chi connectivity index (χ2n) is 2.83. The molecule has 13 heavy (non-hydrogen) atoms. The molecule has 1 aromatic carbocycles. The minimum atomic E-state index is -0.725. The molecule has 72 valence electrons. The van der Waals surface area contributed by atoms with Crippen molar-refractivity contribution >= 4 is 15.9 Å². The summed E-state index contributed by atoms with van der Waals surface area (Å²) in [5, 5.41) is 9.46.